The Morgan fingerprint density at radius 2 is 2.09 bits per heavy atom. The van der Waals surface area contributed by atoms with Gasteiger partial charge in [-0.15, -0.1) is 11.8 Å². The molecule has 4 nitrogen and oxygen atoms in total. The van der Waals surface area contributed by atoms with Crippen LogP contribution in [0, 0.1) is 11.8 Å². The van der Waals surface area contributed by atoms with Crippen LogP contribution in [0.4, 0.5) is 0 Å². The number of aliphatic hydroxyl groups excluding tert-OH is 1. The van der Waals surface area contributed by atoms with Crippen LogP contribution in [0.2, 0.25) is 0 Å². The van der Waals surface area contributed by atoms with Gasteiger partial charge in [0.2, 0.25) is 5.91 Å². The van der Waals surface area contributed by atoms with Gasteiger partial charge in [-0.3, -0.25) is 9.79 Å². The number of hydrogen-bond donors (Lipinski definition) is 2. The number of allylic oxidation sites excluding steroid dienone is 3. The van der Waals surface area contributed by atoms with E-state index in [0.29, 0.717) is 5.92 Å². The van der Waals surface area contributed by atoms with Crippen molar-refractivity contribution in [2.75, 3.05) is 12.3 Å². The van der Waals surface area contributed by atoms with Crippen LogP contribution < -0.4 is 5.32 Å². The van der Waals surface area contributed by atoms with E-state index >= 15 is 0 Å². The number of amides is 1. The number of aliphatic imine (C=N–C) groups is 1. The number of aliphatic hydroxyl groups is 1. The molecule has 1 saturated heterocycles. The molecule has 1 saturated carbocycles. The number of hydrogen-bond acceptors (Lipinski definition) is 4. The first-order chi connectivity index (χ1) is 11.2. The molecular weight excluding hydrogens is 308 g/mol. The van der Waals surface area contributed by atoms with Crippen molar-refractivity contribution in [2.24, 2.45) is 16.8 Å². The van der Waals surface area contributed by atoms with Crippen molar-refractivity contribution in [2.45, 2.75) is 49.0 Å². The normalized spacial score (nSPS) is 41.9. The summed E-state index contributed by atoms with van der Waals surface area (Å²) >= 11 is 1.89. The van der Waals surface area contributed by atoms with Gasteiger partial charge in [0.1, 0.15) is 0 Å². The molecule has 5 heteroatoms. The van der Waals surface area contributed by atoms with Gasteiger partial charge in [-0.25, -0.2) is 0 Å². The summed E-state index contributed by atoms with van der Waals surface area (Å²) in [4.78, 5) is 17.6. The summed E-state index contributed by atoms with van der Waals surface area (Å²) in [6.45, 7) is 0.833. The molecule has 2 N–H and O–H groups in total. The second kappa shape index (κ2) is 6.10. The fraction of sp³-hybridized carbons (Fsp3) is 0.667. The van der Waals surface area contributed by atoms with Gasteiger partial charge < -0.3 is 10.4 Å². The zero-order valence-electron chi connectivity index (χ0n) is 13.3. The summed E-state index contributed by atoms with van der Waals surface area (Å²) in [5, 5.41) is 12.9. The van der Waals surface area contributed by atoms with Crippen molar-refractivity contribution >= 4 is 23.4 Å². The fourth-order valence-electron chi connectivity index (χ4n) is 4.45. The Bertz CT molecular complexity index is 578. The summed E-state index contributed by atoms with van der Waals surface area (Å²) in [5.41, 5.74) is 1.15. The van der Waals surface area contributed by atoms with E-state index in [0.717, 1.165) is 50.1 Å². The standard InChI is InChI=1S/C18H24N2O2S/c21-13-6-4-12(5-7-13)20-17(22)14-11-23-18-9-2-1-3-16(18)19-10-8-15(14)18/h1-3,9,12-15,21H,4-8,10-11H2,(H,20,22)/t12-,13-,14?,15?,18?. The second-order valence-electron chi connectivity index (χ2n) is 7.11. The molecule has 23 heavy (non-hydrogen) atoms. The second-order valence-corrected chi connectivity index (χ2v) is 8.40. The molecule has 0 radical (unpaired) electrons. The van der Waals surface area contributed by atoms with Crippen LogP contribution in [0.3, 0.4) is 0 Å². The molecule has 4 aliphatic rings. The van der Waals surface area contributed by atoms with Crippen LogP contribution in [0.25, 0.3) is 0 Å². The Morgan fingerprint density at radius 3 is 2.91 bits per heavy atom. The van der Waals surface area contributed by atoms with Gasteiger partial charge in [0, 0.05) is 18.3 Å². The number of rotatable bonds is 2. The first-order valence-electron chi connectivity index (χ1n) is 8.72. The summed E-state index contributed by atoms with van der Waals surface area (Å²) in [6.07, 6.45) is 12.8. The highest BCUT2D eigenvalue weighted by Gasteiger charge is 2.54. The van der Waals surface area contributed by atoms with Crippen molar-refractivity contribution in [3.8, 4) is 0 Å². The van der Waals surface area contributed by atoms with Crippen molar-refractivity contribution in [3.05, 3.63) is 24.3 Å². The highest BCUT2D eigenvalue weighted by molar-refractivity contribution is 8.02. The average molecular weight is 332 g/mol. The minimum Gasteiger partial charge on any atom is -0.393 e. The van der Waals surface area contributed by atoms with Crippen molar-refractivity contribution < 1.29 is 9.90 Å². The average Bonchev–Trinajstić information content (AvgIpc) is 2.95. The topological polar surface area (TPSA) is 61.7 Å². The quantitative estimate of drug-likeness (QED) is 0.814. The Morgan fingerprint density at radius 1 is 1.26 bits per heavy atom. The molecule has 3 unspecified atom stereocenters. The molecule has 0 aromatic heterocycles. The fourth-order valence-corrected chi connectivity index (χ4v) is 6.24. The Hall–Kier alpha value is -1.07. The molecular formula is C18H24N2O2S. The van der Waals surface area contributed by atoms with E-state index in [4.69, 9.17) is 4.99 Å². The van der Waals surface area contributed by atoms with Crippen LogP contribution in [0.15, 0.2) is 29.3 Å². The van der Waals surface area contributed by atoms with Crippen molar-refractivity contribution in [3.63, 3.8) is 0 Å². The van der Waals surface area contributed by atoms with Gasteiger partial charge in [-0.1, -0.05) is 18.2 Å². The lowest BCUT2D eigenvalue weighted by Crippen LogP contribution is -2.48. The molecule has 2 heterocycles. The Labute approximate surface area is 141 Å². The van der Waals surface area contributed by atoms with E-state index in [1.165, 1.54) is 0 Å². The van der Waals surface area contributed by atoms with Gasteiger partial charge in [0.15, 0.2) is 0 Å². The monoisotopic (exact) mass is 332 g/mol. The van der Waals surface area contributed by atoms with Gasteiger partial charge in [0.05, 0.1) is 22.5 Å². The van der Waals surface area contributed by atoms with Crippen LogP contribution in [0.5, 0.6) is 0 Å². The van der Waals surface area contributed by atoms with E-state index in [-0.39, 0.29) is 28.7 Å². The molecule has 0 aromatic carbocycles. The van der Waals surface area contributed by atoms with E-state index in [2.05, 4.69) is 23.5 Å². The highest BCUT2D eigenvalue weighted by atomic mass is 32.2. The van der Waals surface area contributed by atoms with E-state index in [1.807, 2.05) is 17.8 Å². The van der Waals surface area contributed by atoms with Gasteiger partial charge in [0.25, 0.3) is 0 Å². The number of nitrogens with one attached hydrogen (secondary N) is 1. The summed E-state index contributed by atoms with van der Waals surface area (Å²) < 4.78 is -0.0717. The molecule has 3 atom stereocenters. The summed E-state index contributed by atoms with van der Waals surface area (Å²) in [7, 11) is 0. The summed E-state index contributed by atoms with van der Waals surface area (Å²) in [6, 6.07) is 0.242. The SMILES string of the molecule is O=C(N[C@H]1CC[C@H](O)CC1)C1CSC23C=CC=CC2=NCCC13. The van der Waals surface area contributed by atoms with Crippen LogP contribution in [-0.4, -0.2) is 45.9 Å². The smallest absolute Gasteiger partial charge is 0.224 e. The number of carbonyl (C=O) groups is 1. The first kappa shape index (κ1) is 15.5. The van der Waals surface area contributed by atoms with Crippen LogP contribution >= 0.6 is 11.8 Å². The third-order valence-corrected chi connectivity index (χ3v) is 7.40. The van der Waals surface area contributed by atoms with Crippen molar-refractivity contribution in [1.29, 1.82) is 0 Å². The predicted octanol–water partition coefficient (Wildman–Crippen LogP) is 2.09. The zero-order chi connectivity index (χ0) is 15.9. The molecule has 1 spiro atoms. The minimum absolute atomic E-state index is 0.0717. The first-order valence-corrected chi connectivity index (χ1v) is 9.71. The van der Waals surface area contributed by atoms with Gasteiger partial charge >= 0.3 is 0 Å². The Kier molecular flexibility index (Phi) is 4.10. The van der Waals surface area contributed by atoms with Crippen LogP contribution in [0.1, 0.15) is 32.1 Å². The lowest BCUT2D eigenvalue weighted by molar-refractivity contribution is -0.126. The Balaban J connectivity index is 1.46. The molecule has 2 fully saturated rings. The highest BCUT2D eigenvalue weighted by Crippen LogP contribution is 2.52. The van der Waals surface area contributed by atoms with Gasteiger partial charge in [-0.2, -0.15) is 0 Å². The number of carbonyl (C=O) groups excluding carboxylic acids is 1. The molecule has 2 aliphatic heterocycles. The van der Waals surface area contributed by atoms with E-state index in [9.17, 15) is 9.90 Å². The van der Waals surface area contributed by atoms with E-state index in [1.54, 1.807) is 0 Å². The maximum Gasteiger partial charge on any atom is 0.224 e. The molecule has 2 aliphatic carbocycles. The van der Waals surface area contributed by atoms with E-state index < -0.39 is 0 Å². The third-order valence-electron chi connectivity index (χ3n) is 5.75. The van der Waals surface area contributed by atoms with Crippen molar-refractivity contribution in [1.82, 2.24) is 5.32 Å². The minimum atomic E-state index is -0.176. The largest absolute Gasteiger partial charge is 0.393 e. The molecule has 4 rings (SSSR count). The predicted molar refractivity (Wildman–Crippen MR) is 93.8 cm³/mol. The maximum absolute atomic E-state index is 12.9. The maximum atomic E-state index is 12.9. The lowest BCUT2D eigenvalue weighted by Gasteiger charge is -2.38. The third kappa shape index (κ3) is 2.68. The number of nitrogens with zero attached hydrogens (tertiary/aromatic N) is 1. The molecule has 124 valence electrons. The molecule has 0 bridgehead atoms. The zero-order valence-corrected chi connectivity index (χ0v) is 14.1. The lowest BCUT2D eigenvalue weighted by atomic mass is 9.74. The van der Waals surface area contributed by atoms with Crippen LogP contribution in [-0.2, 0) is 4.79 Å². The summed E-state index contributed by atoms with van der Waals surface area (Å²) in [5.74, 6) is 1.53. The number of thioether (sulfide) groups is 1. The van der Waals surface area contributed by atoms with Gasteiger partial charge in [-0.05, 0) is 44.1 Å². The molecule has 1 amide bonds. The molecule has 0 aromatic rings.